The quantitative estimate of drug-likeness (QED) is 0.719. The maximum atomic E-state index is 11.7. The van der Waals surface area contributed by atoms with Gasteiger partial charge in [-0.1, -0.05) is 39.5 Å². The van der Waals surface area contributed by atoms with Crippen LogP contribution in [-0.2, 0) is 4.79 Å². The monoisotopic (exact) mass is 211 g/mol. The summed E-state index contributed by atoms with van der Waals surface area (Å²) < 4.78 is 0. The summed E-state index contributed by atoms with van der Waals surface area (Å²) in [6, 6.07) is 0. The van der Waals surface area contributed by atoms with E-state index in [1.807, 2.05) is 0 Å². The van der Waals surface area contributed by atoms with E-state index in [1.54, 1.807) is 7.05 Å². The zero-order valence-electron chi connectivity index (χ0n) is 10.4. The van der Waals surface area contributed by atoms with Gasteiger partial charge < -0.3 is 5.32 Å². The standard InChI is InChI=1S/C13H25NO/c1-10(2)7-8-12(13(15)14-3)9-11-5-4-6-11/h10-12H,4-9H2,1-3H3,(H,14,15). The first-order valence-corrected chi connectivity index (χ1v) is 6.35. The fraction of sp³-hybridized carbons (Fsp3) is 0.923. The molecule has 2 nitrogen and oxygen atoms in total. The van der Waals surface area contributed by atoms with Crippen LogP contribution in [0.2, 0.25) is 0 Å². The smallest absolute Gasteiger partial charge is 0.222 e. The van der Waals surface area contributed by atoms with E-state index in [0.29, 0.717) is 5.92 Å². The fourth-order valence-corrected chi connectivity index (χ4v) is 2.23. The highest BCUT2D eigenvalue weighted by Gasteiger charge is 2.25. The van der Waals surface area contributed by atoms with Crippen molar-refractivity contribution in [2.75, 3.05) is 7.05 Å². The van der Waals surface area contributed by atoms with Gasteiger partial charge >= 0.3 is 0 Å². The normalized spacial score (nSPS) is 18.7. The van der Waals surface area contributed by atoms with Gasteiger partial charge in [-0.25, -0.2) is 0 Å². The molecule has 0 spiro atoms. The third-order valence-corrected chi connectivity index (χ3v) is 3.55. The van der Waals surface area contributed by atoms with Gasteiger partial charge in [0.25, 0.3) is 0 Å². The van der Waals surface area contributed by atoms with E-state index >= 15 is 0 Å². The Hall–Kier alpha value is -0.530. The van der Waals surface area contributed by atoms with E-state index in [1.165, 1.54) is 25.7 Å². The Kier molecular flexibility index (Phi) is 5.13. The number of carbonyl (C=O) groups excluding carboxylic acids is 1. The Balaban J connectivity index is 2.33. The van der Waals surface area contributed by atoms with Gasteiger partial charge in [0, 0.05) is 13.0 Å². The van der Waals surface area contributed by atoms with Gasteiger partial charge in [0.2, 0.25) is 5.91 Å². The number of amides is 1. The zero-order valence-corrected chi connectivity index (χ0v) is 10.4. The molecule has 15 heavy (non-hydrogen) atoms. The molecule has 1 rings (SSSR count). The van der Waals surface area contributed by atoms with Crippen LogP contribution in [0, 0.1) is 17.8 Å². The second-order valence-electron chi connectivity index (χ2n) is 5.32. The van der Waals surface area contributed by atoms with Gasteiger partial charge in [-0.2, -0.15) is 0 Å². The molecule has 0 aromatic carbocycles. The van der Waals surface area contributed by atoms with Crippen LogP contribution in [0.25, 0.3) is 0 Å². The number of nitrogens with one attached hydrogen (secondary N) is 1. The maximum absolute atomic E-state index is 11.7. The molecule has 1 amide bonds. The van der Waals surface area contributed by atoms with E-state index in [2.05, 4.69) is 19.2 Å². The average Bonchev–Trinajstić information content (AvgIpc) is 2.13. The lowest BCUT2D eigenvalue weighted by Gasteiger charge is -2.29. The summed E-state index contributed by atoms with van der Waals surface area (Å²) in [4.78, 5) is 11.7. The first-order chi connectivity index (χ1) is 7.13. The van der Waals surface area contributed by atoms with E-state index in [0.717, 1.165) is 18.8 Å². The van der Waals surface area contributed by atoms with Crippen molar-refractivity contribution >= 4 is 5.91 Å². The van der Waals surface area contributed by atoms with Crippen LogP contribution in [0.3, 0.4) is 0 Å². The van der Waals surface area contributed by atoms with Crippen LogP contribution in [0.4, 0.5) is 0 Å². The van der Waals surface area contributed by atoms with E-state index in [9.17, 15) is 4.79 Å². The Morgan fingerprint density at radius 3 is 2.40 bits per heavy atom. The Morgan fingerprint density at radius 1 is 1.33 bits per heavy atom. The summed E-state index contributed by atoms with van der Waals surface area (Å²) in [5, 5.41) is 2.80. The van der Waals surface area contributed by atoms with Gasteiger partial charge in [0.05, 0.1) is 0 Å². The van der Waals surface area contributed by atoms with Crippen LogP contribution in [-0.4, -0.2) is 13.0 Å². The molecule has 0 radical (unpaired) electrons. The summed E-state index contributed by atoms with van der Waals surface area (Å²) in [6.45, 7) is 4.45. The number of rotatable bonds is 6. The highest BCUT2D eigenvalue weighted by molar-refractivity contribution is 5.78. The lowest BCUT2D eigenvalue weighted by Crippen LogP contribution is -2.30. The highest BCUT2D eigenvalue weighted by Crippen LogP contribution is 2.33. The van der Waals surface area contributed by atoms with Crippen LogP contribution >= 0.6 is 0 Å². The lowest BCUT2D eigenvalue weighted by molar-refractivity contribution is -0.125. The van der Waals surface area contributed by atoms with Gasteiger partial charge in [0.1, 0.15) is 0 Å². The minimum atomic E-state index is 0.252. The van der Waals surface area contributed by atoms with Crippen molar-refractivity contribution in [2.45, 2.75) is 52.4 Å². The number of hydrogen-bond acceptors (Lipinski definition) is 1. The minimum absolute atomic E-state index is 0.252. The Bertz CT molecular complexity index is 197. The summed E-state index contributed by atoms with van der Waals surface area (Å²) in [6.07, 6.45) is 7.41. The number of carbonyl (C=O) groups is 1. The molecule has 0 aliphatic heterocycles. The van der Waals surface area contributed by atoms with Crippen molar-refractivity contribution in [3.8, 4) is 0 Å². The lowest BCUT2D eigenvalue weighted by atomic mass is 9.77. The van der Waals surface area contributed by atoms with Crippen molar-refractivity contribution < 1.29 is 4.79 Å². The van der Waals surface area contributed by atoms with Crippen molar-refractivity contribution in [1.29, 1.82) is 0 Å². The van der Waals surface area contributed by atoms with Gasteiger partial charge in [-0.3, -0.25) is 4.79 Å². The minimum Gasteiger partial charge on any atom is -0.359 e. The molecule has 0 heterocycles. The van der Waals surface area contributed by atoms with Crippen molar-refractivity contribution in [1.82, 2.24) is 5.32 Å². The zero-order chi connectivity index (χ0) is 11.3. The van der Waals surface area contributed by atoms with E-state index in [-0.39, 0.29) is 11.8 Å². The second-order valence-corrected chi connectivity index (χ2v) is 5.32. The van der Waals surface area contributed by atoms with Gasteiger partial charge in [-0.15, -0.1) is 0 Å². The molecule has 0 bridgehead atoms. The molecule has 0 aromatic rings. The summed E-state index contributed by atoms with van der Waals surface area (Å²) in [5.74, 6) is 2.06. The molecular weight excluding hydrogens is 186 g/mol. The first-order valence-electron chi connectivity index (χ1n) is 6.35. The van der Waals surface area contributed by atoms with E-state index < -0.39 is 0 Å². The molecule has 0 aromatic heterocycles. The van der Waals surface area contributed by atoms with Crippen LogP contribution < -0.4 is 5.32 Å². The topological polar surface area (TPSA) is 29.1 Å². The molecule has 1 unspecified atom stereocenters. The number of hydrogen-bond donors (Lipinski definition) is 1. The van der Waals surface area contributed by atoms with E-state index in [4.69, 9.17) is 0 Å². The van der Waals surface area contributed by atoms with Crippen molar-refractivity contribution in [2.24, 2.45) is 17.8 Å². The van der Waals surface area contributed by atoms with Crippen molar-refractivity contribution in [3.63, 3.8) is 0 Å². The average molecular weight is 211 g/mol. The predicted octanol–water partition coefficient (Wildman–Crippen LogP) is 2.98. The molecule has 0 saturated heterocycles. The SMILES string of the molecule is CNC(=O)C(CCC(C)C)CC1CCC1. The third-order valence-electron chi connectivity index (χ3n) is 3.55. The summed E-state index contributed by atoms with van der Waals surface area (Å²) in [7, 11) is 1.76. The van der Waals surface area contributed by atoms with Crippen LogP contribution in [0.1, 0.15) is 52.4 Å². The Morgan fingerprint density at radius 2 is 2.00 bits per heavy atom. The largest absolute Gasteiger partial charge is 0.359 e. The maximum Gasteiger partial charge on any atom is 0.222 e. The summed E-state index contributed by atoms with van der Waals surface area (Å²) >= 11 is 0. The van der Waals surface area contributed by atoms with Crippen LogP contribution in [0.15, 0.2) is 0 Å². The second kappa shape index (κ2) is 6.14. The first kappa shape index (κ1) is 12.5. The molecule has 1 fully saturated rings. The highest BCUT2D eigenvalue weighted by atomic mass is 16.1. The Labute approximate surface area is 93.8 Å². The van der Waals surface area contributed by atoms with Crippen LogP contribution in [0.5, 0.6) is 0 Å². The summed E-state index contributed by atoms with van der Waals surface area (Å²) in [5.41, 5.74) is 0. The van der Waals surface area contributed by atoms with Gasteiger partial charge in [-0.05, 0) is 24.7 Å². The molecule has 88 valence electrons. The fourth-order valence-electron chi connectivity index (χ4n) is 2.23. The molecule has 1 aliphatic carbocycles. The molecular formula is C13H25NO. The molecule has 1 N–H and O–H groups in total. The molecule has 1 atom stereocenters. The molecule has 1 saturated carbocycles. The molecule has 1 aliphatic rings. The van der Waals surface area contributed by atoms with Gasteiger partial charge in [0.15, 0.2) is 0 Å². The molecule has 2 heteroatoms. The third kappa shape index (κ3) is 4.23. The van der Waals surface area contributed by atoms with Crippen molar-refractivity contribution in [3.05, 3.63) is 0 Å². The predicted molar refractivity (Wildman–Crippen MR) is 63.6 cm³/mol.